The largest absolute Gasteiger partial charge is 0.573 e. The number of nitrogens with one attached hydrogen (secondary N) is 1. The first-order chi connectivity index (χ1) is 21.8. The second kappa shape index (κ2) is 15.3. The van der Waals surface area contributed by atoms with Gasteiger partial charge in [0.25, 0.3) is 5.91 Å². The number of hydrogen-bond acceptors (Lipinski definition) is 6. The number of halogens is 10. The number of nitrogens with zero attached hydrogens (tertiary/aromatic N) is 2. The standard InChI is InChI=1S/C29H25Cl2F8N3O5/c1-40-11-20(25(28(34,35)36)41-18-4-2-15(3-5-18)27(45)46)26(44)42(12-14-6-16(32)8-17(33)7-14)13-23(43)24-21(30)9-19(10-22(24)31)47-29(37,38)39/h6-11,15,18,41H,2-5,12-13H2,1H3,(H,45,46)/b25-20+,40-11-. The zero-order chi connectivity index (χ0) is 35.3. The summed E-state index contributed by atoms with van der Waals surface area (Å²) in [5.74, 6) is -7.61. The van der Waals surface area contributed by atoms with Crippen molar-refractivity contribution in [2.45, 2.75) is 50.8 Å². The van der Waals surface area contributed by atoms with Gasteiger partial charge in [-0.1, -0.05) is 23.2 Å². The van der Waals surface area contributed by atoms with E-state index in [1.165, 1.54) is 0 Å². The number of amides is 1. The molecular weight excluding hydrogens is 693 g/mol. The van der Waals surface area contributed by atoms with Crippen LogP contribution in [0.25, 0.3) is 0 Å². The van der Waals surface area contributed by atoms with E-state index in [1.807, 2.05) is 0 Å². The topological polar surface area (TPSA) is 108 Å². The monoisotopic (exact) mass is 717 g/mol. The maximum atomic E-state index is 14.5. The summed E-state index contributed by atoms with van der Waals surface area (Å²) >= 11 is 12.0. The highest BCUT2D eigenvalue weighted by molar-refractivity contribution is 6.40. The van der Waals surface area contributed by atoms with Crippen LogP contribution in [0.2, 0.25) is 10.0 Å². The van der Waals surface area contributed by atoms with Gasteiger partial charge in [0.2, 0.25) is 0 Å². The van der Waals surface area contributed by atoms with Crippen LogP contribution >= 0.6 is 23.2 Å². The number of allylic oxidation sites excluding steroid dienone is 1. The van der Waals surface area contributed by atoms with E-state index < -0.39 is 99.5 Å². The molecule has 0 spiro atoms. The molecule has 8 nitrogen and oxygen atoms in total. The first kappa shape index (κ1) is 37.5. The molecule has 0 radical (unpaired) electrons. The van der Waals surface area contributed by atoms with Gasteiger partial charge in [-0.3, -0.25) is 19.4 Å². The summed E-state index contributed by atoms with van der Waals surface area (Å²) in [4.78, 5) is 42.5. The average molecular weight is 718 g/mol. The van der Waals surface area contributed by atoms with E-state index >= 15 is 0 Å². The van der Waals surface area contributed by atoms with Crippen LogP contribution in [-0.4, -0.2) is 66.1 Å². The van der Waals surface area contributed by atoms with Crippen LogP contribution in [0.5, 0.6) is 5.75 Å². The molecule has 2 aromatic rings. The number of carboxylic acids is 1. The summed E-state index contributed by atoms with van der Waals surface area (Å²) in [7, 11) is 1.06. The van der Waals surface area contributed by atoms with Crippen LogP contribution in [0.3, 0.4) is 0 Å². The van der Waals surface area contributed by atoms with E-state index in [-0.39, 0.29) is 31.2 Å². The Kier molecular flexibility index (Phi) is 12.2. The molecule has 1 amide bonds. The number of rotatable bonds is 11. The fraction of sp³-hybridized carbons (Fsp3) is 0.379. The molecule has 2 N–H and O–H groups in total. The Hall–Kier alpha value is -3.92. The van der Waals surface area contributed by atoms with Crippen LogP contribution < -0.4 is 10.1 Å². The smallest absolute Gasteiger partial charge is 0.481 e. The second-order valence-electron chi connectivity index (χ2n) is 10.4. The number of carboxylic acid groups (broad SMARTS) is 1. The van der Waals surface area contributed by atoms with E-state index in [4.69, 9.17) is 23.2 Å². The fourth-order valence-electron chi connectivity index (χ4n) is 4.91. The van der Waals surface area contributed by atoms with Crippen molar-refractivity contribution in [1.82, 2.24) is 10.2 Å². The first-order valence-corrected chi connectivity index (χ1v) is 14.3. The summed E-state index contributed by atoms with van der Waals surface area (Å²) in [6, 6.07) is 2.31. The highest BCUT2D eigenvalue weighted by Crippen LogP contribution is 2.35. The molecule has 0 unspecified atom stereocenters. The Morgan fingerprint density at radius 2 is 1.53 bits per heavy atom. The number of alkyl halides is 6. The summed E-state index contributed by atoms with van der Waals surface area (Å²) < 4.78 is 113. The van der Waals surface area contributed by atoms with Crippen molar-refractivity contribution in [3.05, 3.63) is 74.4 Å². The van der Waals surface area contributed by atoms with Gasteiger partial charge in [-0.15, -0.1) is 13.2 Å². The van der Waals surface area contributed by atoms with E-state index in [1.54, 1.807) is 0 Å². The van der Waals surface area contributed by atoms with Crippen LogP contribution in [0.15, 0.2) is 46.6 Å². The number of aliphatic carboxylic acids is 1. The second-order valence-corrected chi connectivity index (χ2v) is 11.2. The highest BCUT2D eigenvalue weighted by Gasteiger charge is 2.41. The van der Waals surface area contributed by atoms with Gasteiger partial charge in [-0.2, -0.15) is 13.2 Å². The van der Waals surface area contributed by atoms with Gasteiger partial charge in [0.1, 0.15) is 23.1 Å². The van der Waals surface area contributed by atoms with Gasteiger partial charge in [-0.05, 0) is 55.5 Å². The third-order valence-electron chi connectivity index (χ3n) is 6.91. The Labute approximate surface area is 272 Å². The number of Topliss-reactive ketones (excluding diaryl/α,β-unsaturated/α-hetero) is 1. The van der Waals surface area contributed by atoms with Gasteiger partial charge >= 0.3 is 18.5 Å². The number of aliphatic imine (C=N–C) groups is 1. The minimum Gasteiger partial charge on any atom is -0.481 e. The zero-order valence-electron chi connectivity index (χ0n) is 24.1. The molecule has 1 fully saturated rings. The number of carbonyl (C=O) groups is 3. The summed E-state index contributed by atoms with van der Waals surface area (Å²) in [5, 5.41) is 10.1. The van der Waals surface area contributed by atoms with Crippen molar-refractivity contribution < 1.29 is 59.4 Å². The number of carbonyl (C=O) groups excluding carboxylic acids is 2. The summed E-state index contributed by atoms with van der Waals surface area (Å²) in [6.07, 6.45) is -9.66. The Bertz CT molecular complexity index is 1530. The van der Waals surface area contributed by atoms with Gasteiger partial charge in [0.15, 0.2) is 5.78 Å². The molecular formula is C29H25Cl2F8N3O5. The molecule has 0 aromatic heterocycles. The Morgan fingerprint density at radius 1 is 0.979 bits per heavy atom. The first-order valence-electron chi connectivity index (χ1n) is 13.5. The molecule has 0 bridgehead atoms. The average Bonchev–Trinajstić information content (AvgIpc) is 2.92. The molecule has 0 heterocycles. The van der Waals surface area contributed by atoms with E-state index in [2.05, 4.69) is 15.0 Å². The third-order valence-corrected chi connectivity index (χ3v) is 7.51. The van der Waals surface area contributed by atoms with Gasteiger partial charge in [-0.25, -0.2) is 8.78 Å². The third kappa shape index (κ3) is 10.5. The summed E-state index contributed by atoms with van der Waals surface area (Å²) in [5.41, 5.74) is -3.57. The van der Waals surface area contributed by atoms with Crippen LogP contribution in [0.4, 0.5) is 35.1 Å². The molecule has 1 aliphatic rings. The van der Waals surface area contributed by atoms with Crippen LogP contribution in [-0.2, 0) is 16.1 Å². The molecule has 47 heavy (non-hydrogen) atoms. The molecule has 18 heteroatoms. The molecule has 0 aliphatic heterocycles. The van der Waals surface area contributed by atoms with Crippen molar-refractivity contribution in [2.75, 3.05) is 13.6 Å². The lowest BCUT2D eigenvalue weighted by Crippen LogP contribution is -2.43. The molecule has 1 saturated carbocycles. The zero-order valence-corrected chi connectivity index (χ0v) is 25.6. The van der Waals surface area contributed by atoms with Crippen molar-refractivity contribution in [3.8, 4) is 5.75 Å². The van der Waals surface area contributed by atoms with Crippen molar-refractivity contribution in [1.29, 1.82) is 0 Å². The molecule has 3 rings (SSSR count). The van der Waals surface area contributed by atoms with Gasteiger partial charge < -0.3 is 20.1 Å². The minimum atomic E-state index is -5.21. The molecule has 0 atom stereocenters. The van der Waals surface area contributed by atoms with E-state index in [0.717, 1.165) is 19.2 Å². The Balaban J connectivity index is 2.07. The predicted octanol–water partition coefficient (Wildman–Crippen LogP) is 7.13. The lowest BCUT2D eigenvalue weighted by Gasteiger charge is -2.31. The molecule has 0 saturated heterocycles. The lowest BCUT2D eigenvalue weighted by atomic mass is 9.86. The number of ketones is 1. The molecule has 1 aliphatic carbocycles. The number of ether oxygens (including phenoxy) is 1. The van der Waals surface area contributed by atoms with Gasteiger partial charge in [0.05, 0.1) is 33.6 Å². The summed E-state index contributed by atoms with van der Waals surface area (Å²) in [6.45, 7) is -1.95. The van der Waals surface area contributed by atoms with Crippen LogP contribution in [0.1, 0.15) is 41.6 Å². The normalized spacial score (nSPS) is 17.7. The predicted molar refractivity (Wildman–Crippen MR) is 153 cm³/mol. The number of hydrogen-bond donors (Lipinski definition) is 2. The van der Waals surface area contributed by atoms with Crippen molar-refractivity contribution >= 4 is 47.1 Å². The SMILES string of the molecule is C/N=C\C(C(=O)N(CC(=O)c1c(Cl)cc(OC(F)(F)F)cc1Cl)Cc1cc(F)cc(F)c1)=C(/NC1CCC(C(=O)O)CC1)C(F)(F)F. The van der Waals surface area contributed by atoms with Crippen LogP contribution in [0, 0.1) is 17.6 Å². The molecule has 256 valence electrons. The number of benzene rings is 2. The fourth-order valence-corrected chi connectivity index (χ4v) is 5.59. The maximum Gasteiger partial charge on any atom is 0.573 e. The maximum absolute atomic E-state index is 14.5. The minimum absolute atomic E-state index is 0.0110. The van der Waals surface area contributed by atoms with Crippen molar-refractivity contribution in [2.24, 2.45) is 10.9 Å². The lowest BCUT2D eigenvalue weighted by molar-refractivity contribution is -0.274. The highest BCUT2D eigenvalue weighted by atomic mass is 35.5. The van der Waals surface area contributed by atoms with E-state index in [9.17, 15) is 54.6 Å². The quantitative estimate of drug-likeness (QED) is 0.111. The van der Waals surface area contributed by atoms with Crippen molar-refractivity contribution in [3.63, 3.8) is 0 Å². The van der Waals surface area contributed by atoms with E-state index in [0.29, 0.717) is 29.3 Å². The van der Waals surface area contributed by atoms with Gasteiger partial charge in [0, 0.05) is 31.9 Å². The molecule has 2 aromatic carbocycles. The Morgan fingerprint density at radius 3 is 2.00 bits per heavy atom.